The molecule has 0 fully saturated rings. The Morgan fingerprint density at radius 3 is 2.48 bits per heavy atom. The highest BCUT2D eigenvalue weighted by atomic mass is 35.5. The van der Waals surface area contributed by atoms with E-state index >= 15 is 0 Å². The van der Waals surface area contributed by atoms with Crippen LogP contribution in [0.25, 0.3) is 0 Å². The number of hydrogen-bond acceptors (Lipinski definition) is 2. The second-order valence-corrected chi connectivity index (χ2v) is 6.75. The van der Waals surface area contributed by atoms with Gasteiger partial charge >= 0.3 is 5.97 Å². The van der Waals surface area contributed by atoms with E-state index in [2.05, 4.69) is 0 Å². The Morgan fingerprint density at radius 2 is 1.86 bits per heavy atom. The minimum Gasteiger partial charge on any atom is -0.480 e. The first-order valence-corrected chi connectivity index (χ1v) is 8.00. The molecule has 0 unspecified atom stereocenters. The fraction of sp³-hybridized carbons (Fsp3) is 0.188. The van der Waals surface area contributed by atoms with Crippen molar-refractivity contribution in [3.05, 3.63) is 63.6 Å². The van der Waals surface area contributed by atoms with E-state index in [9.17, 15) is 9.90 Å². The molecule has 0 radical (unpaired) electrons. The van der Waals surface area contributed by atoms with E-state index in [1.165, 1.54) is 11.8 Å². The number of thioether (sulfide) groups is 1. The summed E-state index contributed by atoms with van der Waals surface area (Å²) in [6.07, 6.45) is 0.426. The molecular formula is C16H14Cl2O2S. The van der Waals surface area contributed by atoms with Gasteiger partial charge in [-0.15, -0.1) is 11.8 Å². The first-order chi connectivity index (χ1) is 9.97. The van der Waals surface area contributed by atoms with Gasteiger partial charge in [-0.05, 0) is 54.8 Å². The summed E-state index contributed by atoms with van der Waals surface area (Å²) >= 11 is 13.2. The van der Waals surface area contributed by atoms with Gasteiger partial charge in [-0.3, -0.25) is 4.79 Å². The predicted octanol–water partition coefficient (Wildman–Crippen LogP) is 5.09. The lowest BCUT2D eigenvalue weighted by Crippen LogP contribution is -2.19. The number of carbonyl (C=O) groups is 1. The van der Waals surface area contributed by atoms with Gasteiger partial charge in [0.15, 0.2) is 0 Å². The third kappa shape index (κ3) is 4.40. The minimum atomic E-state index is -0.839. The van der Waals surface area contributed by atoms with Gasteiger partial charge in [0, 0.05) is 14.9 Å². The van der Waals surface area contributed by atoms with Gasteiger partial charge in [0.05, 0.1) is 0 Å². The maximum absolute atomic E-state index is 11.5. The van der Waals surface area contributed by atoms with Crippen LogP contribution in [0.5, 0.6) is 0 Å². The molecule has 0 aliphatic carbocycles. The van der Waals surface area contributed by atoms with Crippen LogP contribution in [0, 0.1) is 6.92 Å². The van der Waals surface area contributed by atoms with E-state index in [1.807, 2.05) is 37.3 Å². The van der Waals surface area contributed by atoms with Crippen molar-refractivity contribution in [2.45, 2.75) is 23.5 Å². The van der Waals surface area contributed by atoms with Crippen LogP contribution in [0.15, 0.2) is 47.4 Å². The van der Waals surface area contributed by atoms with Gasteiger partial charge in [0.25, 0.3) is 0 Å². The van der Waals surface area contributed by atoms with Crippen LogP contribution in [-0.4, -0.2) is 16.3 Å². The normalized spacial score (nSPS) is 12.1. The third-order valence-electron chi connectivity index (χ3n) is 3.15. The summed E-state index contributed by atoms with van der Waals surface area (Å²) in [5.41, 5.74) is 1.89. The largest absolute Gasteiger partial charge is 0.480 e. The van der Waals surface area contributed by atoms with Crippen LogP contribution in [0.3, 0.4) is 0 Å². The summed E-state index contributed by atoms with van der Waals surface area (Å²) in [5, 5.41) is 10.2. The molecule has 21 heavy (non-hydrogen) atoms. The van der Waals surface area contributed by atoms with E-state index in [-0.39, 0.29) is 0 Å². The van der Waals surface area contributed by atoms with Crippen LogP contribution < -0.4 is 0 Å². The zero-order chi connectivity index (χ0) is 15.4. The quantitative estimate of drug-likeness (QED) is 0.770. The molecule has 0 saturated heterocycles. The van der Waals surface area contributed by atoms with Gasteiger partial charge in [0.1, 0.15) is 5.25 Å². The zero-order valence-electron chi connectivity index (χ0n) is 11.3. The fourth-order valence-corrected chi connectivity index (χ4v) is 3.24. The number of aliphatic carboxylic acids is 1. The Kier molecular flexibility index (Phi) is 5.57. The molecule has 110 valence electrons. The molecule has 0 aliphatic rings. The van der Waals surface area contributed by atoms with E-state index in [4.69, 9.17) is 23.2 Å². The maximum Gasteiger partial charge on any atom is 0.317 e. The molecule has 2 rings (SSSR count). The third-order valence-corrected chi connectivity index (χ3v) is 5.01. The Balaban J connectivity index is 2.18. The average molecular weight is 341 g/mol. The zero-order valence-corrected chi connectivity index (χ0v) is 13.7. The first kappa shape index (κ1) is 16.2. The summed E-state index contributed by atoms with van der Waals surface area (Å²) in [4.78, 5) is 12.4. The summed E-state index contributed by atoms with van der Waals surface area (Å²) < 4.78 is 0. The summed E-state index contributed by atoms with van der Waals surface area (Å²) in [7, 11) is 0. The topological polar surface area (TPSA) is 37.3 Å². The SMILES string of the molecule is Cc1c(Cl)cccc1C[C@@H](Sc1ccc(Cl)cc1)C(=O)O. The number of hydrogen-bond donors (Lipinski definition) is 1. The number of rotatable bonds is 5. The Morgan fingerprint density at radius 1 is 1.19 bits per heavy atom. The number of benzene rings is 2. The molecular weight excluding hydrogens is 327 g/mol. The van der Waals surface area contributed by atoms with Crippen molar-refractivity contribution in [1.29, 1.82) is 0 Å². The van der Waals surface area contributed by atoms with Crippen molar-refractivity contribution in [2.75, 3.05) is 0 Å². The summed E-state index contributed by atoms with van der Waals surface area (Å²) in [6.45, 7) is 1.91. The number of carboxylic acid groups (broad SMARTS) is 1. The molecule has 1 N–H and O–H groups in total. The van der Waals surface area contributed by atoms with Crippen molar-refractivity contribution in [3.63, 3.8) is 0 Å². The van der Waals surface area contributed by atoms with Gasteiger partial charge < -0.3 is 5.11 Å². The Hall–Kier alpha value is -1.16. The van der Waals surface area contributed by atoms with Gasteiger partial charge in [-0.1, -0.05) is 35.3 Å². The van der Waals surface area contributed by atoms with Crippen molar-refractivity contribution in [3.8, 4) is 0 Å². The highest BCUT2D eigenvalue weighted by Crippen LogP contribution is 2.29. The second-order valence-electron chi connectivity index (χ2n) is 4.63. The van der Waals surface area contributed by atoms with E-state index in [1.54, 1.807) is 12.1 Å². The molecule has 5 heteroatoms. The number of carboxylic acids is 1. The van der Waals surface area contributed by atoms with Crippen LogP contribution in [0.4, 0.5) is 0 Å². The molecule has 0 bridgehead atoms. The molecule has 0 aromatic heterocycles. The van der Waals surface area contributed by atoms with Crippen LogP contribution >= 0.6 is 35.0 Å². The molecule has 2 nitrogen and oxygen atoms in total. The highest BCUT2D eigenvalue weighted by Gasteiger charge is 2.20. The monoisotopic (exact) mass is 340 g/mol. The molecule has 0 saturated carbocycles. The van der Waals surface area contributed by atoms with Gasteiger partial charge in [-0.25, -0.2) is 0 Å². The molecule has 2 aromatic rings. The van der Waals surface area contributed by atoms with E-state index in [0.717, 1.165) is 16.0 Å². The average Bonchev–Trinajstić information content (AvgIpc) is 2.45. The number of halogens is 2. The Labute approximate surface area is 138 Å². The second kappa shape index (κ2) is 7.21. The van der Waals surface area contributed by atoms with Crippen LogP contribution in [-0.2, 0) is 11.2 Å². The van der Waals surface area contributed by atoms with Crippen molar-refractivity contribution >= 4 is 40.9 Å². The van der Waals surface area contributed by atoms with E-state index in [0.29, 0.717) is 16.5 Å². The summed E-state index contributed by atoms with van der Waals surface area (Å²) in [6, 6.07) is 12.7. The van der Waals surface area contributed by atoms with Crippen molar-refractivity contribution in [1.82, 2.24) is 0 Å². The Bertz CT molecular complexity index is 641. The van der Waals surface area contributed by atoms with Crippen LogP contribution in [0.2, 0.25) is 10.0 Å². The van der Waals surface area contributed by atoms with Gasteiger partial charge in [0.2, 0.25) is 0 Å². The minimum absolute atomic E-state index is 0.426. The molecule has 1 atom stereocenters. The molecule has 2 aromatic carbocycles. The first-order valence-electron chi connectivity index (χ1n) is 6.36. The molecule has 0 amide bonds. The molecule has 0 spiro atoms. The van der Waals surface area contributed by atoms with Gasteiger partial charge in [-0.2, -0.15) is 0 Å². The molecule has 0 aliphatic heterocycles. The standard InChI is InChI=1S/C16H14Cl2O2S/c1-10-11(3-2-4-14(10)18)9-15(16(19)20)21-13-7-5-12(17)6-8-13/h2-8,15H,9H2,1H3,(H,19,20)/t15-/m1/s1. The smallest absolute Gasteiger partial charge is 0.317 e. The lowest BCUT2D eigenvalue weighted by molar-refractivity contribution is -0.136. The lowest BCUT2D eigenvalue weighted by atomic mass is 10.0. The fourth-order valence-electron chi connectivity index (χ4n) is 1.93. The van der Waals surface area contributed by atoms with E-state index < -0.39 is 11.2 Å². The highest BCUT2D eigenvalue weighted by molar-refractivity contribution is 8.00. The summed E-state index contributed by atoms with van der Waals surface area (Å²) in [5.74, 6) is -0.839. The van der Waals surface area contributed by atoms with Crippen LogP contribution in [0.1, 0.15) is 11.1 Å². The van der Waals surface area contributed by atoms with Crippen molar-refractivity contribution in [2.24, 2.45) is 0 Å². The molecule has 0 heterocycles. The maximum atomic E-state index is 11.5. The lowest BCUT2D eigenvalue weighted by Gasteiger charge is -2.14. The van der Waals surface area contributed by atoms with Crippen molar-refractivity contribution < 1.29 is 9.90 Å². The predicted molar refractivity (Wildman–Crippen MR) is 88.6 cm³/mol.